The molecule has 3 nitrogen and oxygen atoms in total. The molecular formula is C28H23NO2. The summed E-state index contributed by atoms with van der Waals surface area (Å²) in [4.78, 5) is 17.8. The maximum absolute atomic E-state index is 12.5. The zero-order chi connectivity index (χ0) is 21.5. The van der Waals surface area contributed by atoms with Crippen molar-refractivity contribution in [3.05, 3.63) is 131 Å². The van der Waals surface area contributed by atoms with Gasteiger partial charge in [-0.25, -0.2) is 4.79 Å². The minimum Gasteiger partial charge on any atom is -0.313 e. The number of carbonyl (C=O) groups excluding carboxylic acids is 1. The van der Waals surface area contributed by atoms with Crippen molar-refractivity contribution in [2.45, 2.75) is 13.3 Å². The lowest BCUT2D eigenvalue weighted by atomic mass is 9.99. The molecule has 0 aliphatic heterocycles. The molecule has 31 heavy (non-hydrogen) atoms. The molecule has 0 aromatic heterocycles. The first-order chi connectivity index (χ1) is 15.2. The minimum atomic E-state index is -0.466. The number of carbonyl (C=O) groups is 1. The van der Waals surface area contributed by atoms with Gasteiger partial charge in [-0.05, 0) is 41.3 Å². The number of hydrogen-bond acceptors (Lipinski definition) is 3. The first-order valence-electron chi connectivity index (χ1n) is 10.2. The largest absolute Gasteiger partial charge is 0.365 e. The third kappa shape index (κ3) is 5.34. The number of oxime groups is 1. The zero-order valence-electron chi connectivity index (χ0n) is 17.4. The van der Waals surface area contributed by atoms with Crippen molar-refractivity contribution in [1.82, 2.24) is 0 Å². The third-order valence-electron chi connectivity index (χ3n) is 5.07. The van der Waals surface area contributed by atoms with Crippen molar-refractivity contribution in [1.29, 1.82) is 0 Å². The normalized spacial score (nSPS) is 11.2. The van der Waals surface area contributed by atoms with Crippen molar-refractivity contribution in [3.63, 3.8) is 0 Å². The lowest BCUT2D eigenvalue weighted by Gasteiger charge is -2.09. The third-order valence-corrected chi connectivity index (χ3v) is 5.07. The molecule has 4 rings (SSSR count). The van der Waals surface area contributed by atoms with Gasteiger partial charge in [-0.15, -0.1) is 0 Å². The highest BCUT2D eigenvalue weighted by Crippen LogP contribution is 2.20. The molecule has 0 bridgehead atoms. The molecule has 0 saturated heterocycles. The summed E-state index contributed by atoms with van der Waals surface area (Å²) in [6.07, 6.45) is 0.562. The summed E-state index contributed by atoms with van der Waals surface area (Å²) in [6, 6.07) is 35.7. The van der Waals surface area contributed by atoms with Gasteiger partial charge in [0.2, 0.25) is 0 Å². The first kappa shape index (κ1) is 20.3. The lowest BCUT2D eigenvalue weighted by molar-refractivity contribution is 0.0516. The van der Waals surface area contributed by atoms with Crippen molar-refractivity contribution >= 4 is 11.7 Å². The maximum atomic E-state index is 12.5. The molecule has 0 fully saturated rings. The van der Waals surface area contributed by atoms with E-state index < -0.39 is 5.97 Å². The van der Waals surface area contributed by atoms with E-state index in [0.717, 1.165) is 27.8 Å². The predicted molar refractivity (Wildman–Crippen MR) is 125 cm³/mol. The van der Waals surface area contributed by atoms with Gasteiger partial charge in [0.25, 0.3) is 0 Å². The predicted octanol–water partition coefficient (Wildman–Crippen LogP) is 6.47. The zero-order valence-corrected chi connectivity index (χ0v) is 17.4. The Kier molecular flexibility index (Phi) is 6.34. The second-order valence-corrected chi connectivity index (χ2v) is 7.39. The summed E-state index contributed by atoms with van der Waals surface area (Å²) in [5.74, 6) is -0.466. The van der Waals surface area contributed by atoms with Gasteiger partial charge in [-0.3, -0.25) is 0 Å². The van der Waals surface area contributed by atoms with E-state index in [9.17, 15) is 4.79 Å². The SMILES string of the molecule is Cc1ccc(C(=O)O/N=C(/Cc2ccccc2)c2ccc(-c3ccccc3)cc2)cc1. The Hall–Kier alpha value is -3.98. The van der Waals surface area contributed by atoms with Crippen LogP contribution >= 0.6 is 0 Å². The fraction of sp³-hybridized carbons (Fsp3) is 0.0714. The smallest absolute Gasteiger partial charge is 0.313 e. The number of hydrogen-bond donors (Lipinski definition) is 0. The Morgan fingerprint density at radius 1 is 0.677 bits per heavy atom. The van der Waals surface area contributed by atoms with E-state index in [2.05, 4.69) is 29.4 Å². The van der Waals surface area contributed by atoms with E-state index >= 15 is 0 Å². The van der Waals surface area contributed by atoms with Crippen LogP contribution in [0.2, 0.25) is 0 Å². The van der Waals surface area contributed by atoms with Crippen LogP contribution in [0.3, 0.4) is 0 Å². The van der Waals surface area contributed by atoms with E-state index in [4.69, 9.17) is 4.84 Å². The van der Waals surface area contributed by atoms with Crippen LogP contribution in [-0.2, 0) is 11.3 Å². The van der Waals surface area contributed by atoms with Crippen LogP contribution in [0.25, 0.3) is 11.1 Å². The first-order valence-corrected chi connectivity index (χ1v) is 10.2. The van der Waals surface area contributed by atoms with E-state index in [1.807, 2.05) is 79.7 Å². The van der Waals surface area contributed by atoms with E-state index in [0.29, 0.717) is 17.7 Å². The molecule has 0 aliphatic rings. The highest BCUT2D eigenvalue weighted by Gasteiger charge is 2.11. The van der Waals surface area contributed by atoms with Crippen LogP contribution in [0, 0.1) is 6.92 Å². The van der Waals surface area contributed by atoms with Gasteiger partial charge in [-0.1, -0.05) is 108 Å². The van der Waals surface area contributed by atoms with Crippen molar-refractivity contribution in [3.8, 4) is 11.1 Å². The molecule has 0 saturated carbocycles. The second-order valence-electron chi connectivity index (χ2n) is 7.39. The Labute approximate surface area is 182 Å². The summed E-state index contributed by atoms with van der Waals surface area (Å²) in [6.45, 7) is 1.98. The number of rotatable bonds is 6. The molecule has 3 heteroatoms. The highest BCUT2D eigenvalue weighted by atomic mass is 16.7. The molecule has 0 spiro atoms. The molecule has 0 N–H and O–H groups in total. The molecular weight excluding hydrogens is 382 g/mol. The minimum absolute atomic E-state index is 0.466. The Bertz CT molecular complexity index is 1160. The molecule has 0 radical (unpaired) electrons. The Balaban J connectivity index is 1.60. The Morgan fingerprint density at radius 2 is 1.23 bits per heavy atom. The average Bonchev–Trinajstić information content (AvgIpc) is 2.83. The van der Waals surface area contributed by atoms with Crippen LogP contribution in [0.1, 0.15) is 27.0 Å². The summed E-state index contributed by atoms with van der Waals surface area (Å²) in [5.41, 5.74) is 6.56. The fourth-order valence-electron chi connectivity index (χ4n) is 3.30. The van der Waals surface area contributed by atoms with Gasteiger partial charge < -0.3 is 4.84 Å². The van der Waals surface area contributed by atoms with E-state index in [1.165, 1.54) is 0 Å². The van der Waals surface area contributed by atoms with Gasteiger partial charge in [0.05, 0.1) is 11.3 Å². The van der Waals surface area contributed by atoms with Crippen LogP contribution < -0.4 is 0 Å². The summed E-state index contributed by atoms with van der Waals surface area (Å²) in [7, 11) is 0. The van der Waals surface area contributed by atoms with Gasteiger partial charge in [0, 0.05) is 6.42 Å². The van der Waals surface area contributed by atoms with Gasteiger partial charge in [-0.2, -0.15) is 0 Å². The summed E-state index contributed by atoms with van der Waals surface area (Å²) < 4.78 is 0. The highest BCUT2D eigenvalue weighted by molar-refractivity contribution is 6.02. The molecule has 4 aromatic carbocycles. The van der Waals surface area contributed by atoms with Gasteiger partial charge >= 0.3 is 5.97 Å². The van der Waals surface area contributed by atoms with Crippen molar-refractivity contribution < 1.29 is 9.63 Å². The lowest BCUT2D eigenvalue weighted by Crippen LogP contribution is -2.09. The molecule has 4 aromatic rings. The summed E-state index contributed by atoms with van der Waals surface area (Å²) in [5, 5.41) is 4.26. The molecule has 152 valence electrons. The Morgan fingerprint density at radius 3 is 1.87 bits per heavy atom. The molecule has 0 aliphatic carbocycles. The van der Waals surface area contributed by atoms with E-state index in [1.54, 1.807) is 12.1 Å². The second kappa shape index (κ2) is 9.68. The quantitative estimate of drug-likeness (QED) is 0.210. The standard InChI is InChI=1S/C28H23NO2/c1-21-12-14-26(15-13-21)28(30)31-29-27(20-22-8-4-2-5-9-22)25-18-16-24(17-19-25)23-10-6-3-7-11-23/h2-19H,20H2,1H3/b29-27-. The maximum Gasteiger partial charge on any atom is 0.365 e. The molecule has 0 heterocycles. The van der Waals surface area contributed by atoms with Crippen molar-refractivity contribution in [2.24, 2.45) is 5.16 Å². The monoisotopic (exact) mass is 405 g/mol. The molecule has 0 amide bonds. The average molecular weight is 405 g/mol. The van der Waals surface area contributed by atoms with Crippen LogP contribution in [0.5, 0.6) is 0 Å². The van der Waals surface area contributed by atoms with Crippen LogP contribution in [0.15, 0.2) is 114 Å². The topological polar surface area (TPSA) is 38.7 Å². The summed E-state index contributed by atoms with van der Waals surface area (Å²) >= 11 is 0. The number of benzene rings is 4. The molecule has 0 atom stereocenters. The number of nitrogens with zero attached hydrogens (tertiary/aromatic N) is 1. The van der Waals surface area contributed by atoms with E-state index in [-0.39, 0.29) is 0 Å². The van der Waals surface area contributed by atoms with Gasteiger partial charge in [0.15, 0.2) is 0 Å². The van der Waals surface area contributed by atoms with Gasteiger partial charge in [0.1, 0.15) is 0 Å². The fourth-order valence-corrected chi connectivity index (χ4v) is 3.30. The number of aryl methyl sites for hydroxylation is 1. The van der Waals surface area contributed by atoms with Crippen LogP contribution in [-0.4, -0.2) is 11.7 Å². The molecule has 0 unspecified atom stereocenters. The van der Waals surface area contributed by atoms with Crippen LogP contribution in [0.4, 0.5) is 0 Å². The van der Waals surface area contributed by atoms with Crippen molar-refractivity contribution in [2.75, 3.05) is 0 Å².